The smallest absolute Gasteiger partial charge is 0.306 e. The standard InChI is InChI=1S/C21H34O3/c1-6-8-9-16(7-2)15-24-20(23)13-11-17-10-12-19(22)18(14-17)21(3,4)5/h10,12,14,16,22H,6-9,11,13,15H2,1-5H3. The van der Waals surface area contributed by atoms with Crippen molar-refractivity contribution in [1.29, 1.82) is 0 Å². The summed E-state index contributed by atoms with van der Waals surface area (Å²) < 4.78 is 5.45. The van der Waals surface area contributed by atoms with E-state index in [0.29, 0.717) is 31.1 Å². The Hall–Kier alpha value is -1.51. The van der Waals surface area contributed by atoms with Crippen molar-refractivity contribution in [2.75, 3.05) is 6.61 Å². The van der Waals surface area contributed by atoms with E-state index in [1.807, 2.05) is 12.1 Å². The van der Waals surface area contributed by atoms with E-state index in [1.54, 1.807) is 6.07 Å². The number of phenols is 1. The lowest BCUT2D eigenvalue weighted by atomic mass is 9.85. The number of benzene rings is 1. The summed E-state index contributed by atoms with van der Waals surface area (Å²) >= 11 is 0. The van der Waals surface area contributed by atoms with E-state index < -0.39 is 0 Å². The first-order chi connectivity index (χ1) is 11.3. The molecule has 0 aliphatic heterocycles. The predicted molar refractivity (Wildman–Crippen MR) is 99.4 cm³/mol. The molecule has 0 saturated heterocycles. The number of ether oxygens (including phenoxy) is 1. The molecule has 1 atom stereocenters. The van der Waals surface area contributed by atoms with Crippen molar-refractivity contribution in [3.63, 3.8) is 0 Å². The second-order valence-electron chi connectivity index (χ2n) is 7.70. The molecule has 3 nitrogen and oxygen atoms in total. The van der Waals surface area contributed by atoms with Gasteiger partial charge in [0.2, 0.25) is 0 Å². The van der Waals surface area contributed by atoms with Crippen LogP contribution in [0.15, 0.2) is 18.2 Å². The fourth-order valence-corrected chi connectivity index (χ4v) is 2.77. The molecular formula is C21H34O3. The molecule has 136 valence electrons. The first-order valence-electron chi connectivity index (χ1n) is 9.25. The summed E-state index contributed by atoms with van der Waals surface area (Å²) in [5.74, 6) is 0.668. The third-order valence-electron chi connectivity index (χ3n) is 4.51. The summed E-state index contributed by atoms with van der Waals surface area (Å²) in [4.78, 5) is 12.0. The van der Waals surface area contributed by atoms with Crippen molar-refractivity contribution in [3.05, 3.63) is 29.3 Å². The summed E-state index contributed by atoms with van der Waals surface area (Å²) in [6.07, 6.45) is 5.60. The van der Waals surface area contributed by atoms with Gasteiger partial charge >= 0.3 is 5.97 Å². The average molecular weight is 335 g/mol. The molecule has 1 N–H and O–H groups in total. The molecule has 24 heavy (non-hydrogen) atoms. The van der Waals surface area contributed by atoms with Crippen LogP contribution < -0.4 is 0 Å². The van der Waals surface area contributed by atoms with Crippen LogP contribution in [-0.2, 0) is 21.4 Å². The van der Waals surface area contributed by atoms with Gasteiger partial charge in [-0.15, -0.1) is 0 Å². The third-order valence-corrected chi connectivity index (χ3v) is 4.51. The quantitative estimate of drug-likeness (QED) is 0.617. The Morgan fingerprint density at radius 1 is 1.25 bits per heavy atom. The van der Waals surface area contributed by atoms with Gasteiger partial charge in [0.05, 0.1) is 6.61 Å². The van der Waals surface area contributed by atoms with Crippen LogP contribution in [0.3, 0.4) is 0 Å². The maximum Gasteiger partial charge on any atom is 0.306 e. The van der Waals surface area contributed by atoms with Gasteiger partial charge in [-0.2, -0.15) is 0 Å². The molecule has 0 amide bonds. The lowest BCUT2D eigenvalue weighted by Crippen LogP contribution is -2.15. The molecule has 0 aliphatic rings. The molecule has 1 aromatic carbocycles. The molecule has 0 bridgehead atoms. The lowest BCUT2D eigenvalue weighted by molar-refractivity contribution is -0.145. The Kier molecular flexibility index (Phi) is 8.30. The largest absolute Gasteiger partial charge is 0.508 e. The van der Waals surface area contributed by atoms with Crippen LogP contribution in [0, 0.1) is 5.92 Å². The molecule has 0 aliphatic carbocycles. The lowest BCUT2D eigenvalue weighted by Gasteiger charge is -2.21. The van der Waals surface area contributed by atoms with Crippen LogP contribution in [0.5, 0.6) is 5.75 Å². The zero-order valence-electron chi connectivity index (χ0n) is 16.0. The fraction of sp³-hybridized carbons (Fsp3) is 0.667. The SMILES string of the molecule is CCCCC(CC)COC(=O)CCc1ccc(O)c(C(C)(C)C)c1. The molecule has 1 aromatic rings. The van der Waals surface area contributed by atoms with Crippen molar-refractivity contribution in [3.8, 4) is 5.75 Å². The number of rotatable bonds is 9. The van der Waals surface area contributed by atoms with Crippen LogP contribution in [0.1, 0.15) is 77.8 Å². The summed E-state index contributed by atoms with van der Waals surface area (Å²) in [6, 6.07) is 5.60. The van der Waals surface area contributed by atoms with Crippen molar-refractivity contribution < 1.29 is 14.6 Å². The summed E-state index contributed by atoms with van der Waals surface area (Å²) in [7, 11) is 0. The maximum atomic E-state index is 12.0. The number of carbonyl (C=O) groups excluding carboxylic acids is 1. The first kappa shape index (κ1) is 20.5. The van der Waals surface area contributed by atoms with Crippen molar-refractivity contribution in [1.82, 2.24) is 0 Å². The van der Waals surface area contributed by atoms with Gasteiger partial charge in [0.1, 0.15) is 5.75 Å². The van der Waals surface area contributed by atoms with Gasteiger partial charge in [-0.25, -0.2) is 0 Å². The Bertz CT molecular complexity index is 514. The zero-order chi connectivity index (χ0) is 18.2. The molecule has 0 fully saturated rings. The minimum Gasteiger partial charge on any atom is -0.508 e. The number of hydrogen-bond acceptors (Lipinski definition) is 3. The van der Waals surface area contributed by atoms with Crippen molar-refractivity contribution in [2.45, 2.75) is 78.6 Å². The second-order valence-corrected chi connectivity index (χ2v) is 7.70. The Balaban J connectivity index is 2.50. The molecule has 3 heteroatoms. The number of esters is 1. The number of unbranched alkanes of at least 4 members (excludes halogenated alkanes) is 1. The van der Waals surface area contributed by atoms with Gasteiger partial charge < -0.3 is 9.84 Å². The highest BCUT2D eigenvalue weighted by atomic mass is 16.5. The molecule has 0 radical (unpaired) electrons. The topological polar surface area (TPSA) is 46.5 Å². The third kappa shape index (κ3) is 6.94. The molecule has 0 spiro atoms. The van der Waals surface area contributed by atoms with Crippen LogP contribution in [0.2, 0.25) is 0 Å². The minimum atomic E-state index is -0.129. The van der Waals surface area contributed by atoms with E-state index in [9.17, 15) is 9.90 Å². The van der Waals surface area contributed by atoms with Crippen LogP contribution in [0.4, 0.5) is 0 Å². The van der Waals surface area contributed by atoms with Gasteiger partial charge in [-0.3, -0.25) is 4.79 Å². The maximum absolute atomic E-state index is 12.0. The van der Waals surface area contributed by atoms with Crippen molar-refractivity contribution in [2.24, 2.45) is 5.92 Å². The van der Waals surface area contributed by atoms with E-state index in [-0.39, 0.29) is 11.4 Å². The number of phenolic OH excluding ortho intramolecular Hbond substituents is 1. The molecule has 0 heterocycles. The monoisotopic (exact) mass is 334 g/mol. The minimum absolute atomic E-state index is 0.117. The highest BCUT2D eigenvalue weighted by Crippen LogP contribution is 2.31. The number of hydrogen-bond donors (Lipinski definition) is 1. The Labute approximate surface area is 147 Å². The molecule has 0 aromatic heterocycles. The molecule has 0 saturated carbocycles. The molecule has 1 rings (SSSR count). The summed E-state index contributed by atoms with van der Waals surface area (Å²) in [5, 5.41) is 10.00. The van der Waals surface area contributed by atoms with E-state index >= 15 is 0 Å². The number of aromatic hydroxyl groups is 1. The van der Waals surface area contributed by atoms with E-state index in [0.717, 1.165) is 24.0 Å². The average Bonchev–Trinajstić information content (AvgIpc) is 2.53. The van der Waals surface area contributed by atoms with E-state index in [1.165, 1.54) is 12.8 Å². The number of carbonyl (C=O) groups is 1. The highest BCUT2D eigenvalue weighted by molar-refractivity contribution is 5.69. The molecule has 1 unspecified atom stereocenters. The summed E-state index contributed by atoms with van der Waals surface area (Å²) in [5.41, 5.74) is 1.86. The van der Waals surface area contributed by atoms with Crippen LogP contribution in [0.25, 0.3) is 0 Å². The van der Waals surface area contributed by atoms with Gasteiger partial charge in [-0.1, -0.05) is 66.0 Å². The van der Waals surface area contributed by atoms with Gasteiger partial charge in [0.25, 0.3) is 0 Å². The fourth-order valence-electron chi connectivity index (χ4n) is 2.77. The summed E-state index contributed by atoms with van der Waals surface area (Å²) in [6.45, 7) is 11.1. The van der Waals surface area contributed by atoms with Gasteiger partial charge in [-0.05, 0) is 41.4 Å². The predicted octanol–water partition coefficient (Wildman–Crippen LogP) is 5.38. The van der Waals surface area contributed by atoms with E-state index in [4.69, 9.17) is 4.74 Å². The number of aryl methyl sites for hydroxylation is 1. The van der Waals surface area contributed by atoms with Crippen LogP contribution >= 0.6 is 0 Å². The first-order valence-corrected chi connectivity index (χ1v) is 9.25. The normalized spacial score (nSPS) is 12.9. The van der Waals surface area contributed by atoms with E-state index in [2.05, 4.69) is 34.6 Å². The van der Waals surface area contributed by atoms with Gasteiger partial charge in [0, 0.05) is 6.42 Å². The second kappa shape index (κ2) is 9.71. The van der Waals surface area contributed by atoms with Crippen molar-refractivity contribution >= 4 is 5.97 Å². The Morgan fingerprint density at radius 3 is 2.54 bits per heavy atom. The molecular weight excluding hydrogens is 300 g/mol. The zero-order valence-corrected chi connectivity index (χ0v) is 16.0. The van der Waals surface area contributed by atoms with Crippen LogP contribution in [-0.4, -0.2) is 17.7 Å². The Morgan fingerprint density at radius 2 is 1.96 bits per heavy atom. The van der Waals surface area contributed by atoms with Gasteiger partial charge in [0.15, 0.2) is 0 Å². The highest BCUT2D eigenvalue weighted by Gasteiger charge is 2.18.